The van der Waals surface area contributed by atoms with E-state index >= 15 is 0 Å². The van der Waals surface area contributed by atoms with Crippen molar-refractivity contribution in [3.8, 4) is 23.3 Å². The number of carbonyl (C=O) groups is 1. The second-order valence-corrected chi connectivity index (χ2v) is 3.65. The Morgan fingerprint density at radius 3 is 2.75 bits per heavy atom. The highest BCUT2D eigenvalue weighted by molar-refractivity contribution is 5.74. The van der Waals surface area contributed by atoms with Gasteiger partial charge in [-0.2, -0.15) is 0 Å². The summed E-state index contributed by atoms with van der Waals surface area (Å²) in [6, 6.07) is 7.07. The van der Waals surface area contributed by atoms with E-state index in [0.29, 0.717) is 18.0 Å². The lowest BCUT2D eigenvalue weighted by atomic mass is 10.3. The van der Waals surface area contributed by atoms with E-state index in [0.717, 1.165) is 0 Å². The van der Waals surface area contributed by atoms with Crippen LogP contribution in [0.3, 0.4) is 0 Å². The largest absolute Gasteiger partial charge is 0.493 e. The second-order valence-electron chi connectivity index (χ2n) is 3.65. The summed E-state index contributed by atoms with van der Waals surface area (Å²) >= 11 is 0. The van der Waals surface area contributed by atoms with Gasteiger partial charge in [-0.1, -0.05) is 30.0 Å². The van der Waals surface area contributed by atoms with Gasteiger partial charge < -0.3 is 20.1 Å². The average Bonchev–Trinajstić information content (AvgIpc) is 2.49. The molecule has 106 valence electrons. The van der Waals surface area contributed by atoms with Crippen LogP contribution < -0.4 is 20.1 Å². The molecular formula is C15H18N2O3. The van der Waals surface area contributed by atoms with Crippen LogP contribution in [0.4, 0.5) is 4.79 Å². The zero-order valence-electron chi connectivity index (χ0n) is 11.4. The van der Waals surface area contributed by atoms with Crippen LogP contribution in [0.25, 0.3) is 0 Å². The first-order valence-corrected chi connectivity index (χ1v) is 6.12. The van der Waals surface area contributed by atoms with Crippen molar-refractivity contribution in [3.63, 3.8) is 0 Å². The van der Waals surface area contributed by atoms with Crippen LogP contribution in [-0.2, 0) is 0 Å². The Labute approximate surface area is 119 Å². The fourth-order valence-electron chi connectivity index (χ4n) is 1.32. The van der Waals surface area contributed by atoms with E-state index in [1.54, 1.807) is 13.2 Å². The second kappa shape index (κ2) is 9.34. The van der Waals surface area contributed by atoms with E-state index in [9.17, 15) is 4.79 Å². The molecule has 0 unspecified atom stereocenters. The van der Waals surface area contributed by atoms with Crippen molar-refractivity contribution in [2.75, 3.05) is 26.8 Å². The number of benzene rings is 1. The molecule has 20 heavy (non-hydrogen) atoms. The van der Waals surface area contributed by atoms with Gasteiger partial charge in [0.1, 0.15) is 6.61 Å². The fourth-order valence-corrected chi connectivity index (χ4v) is 1.32. The molecule has 0 bridgehead atoms. The third-order valence-electron chi connectivity index (χ3n) is 2.24. The molecule has 0 aliphatic rings. The van der Waals surface area contributed by atoms with E-state index in [1.165, 1.54) is 0 Å². The van der Waals surface area contributed by atoms with Crippen LogP contribution >= 0.6 is 0 Å². The van der Waals surface area contributed by atoms with Crippen molar-refractivity contribution in [2.45, 2.75) is 0 Å². The highest BCUT2D eigenvalue weighted by Crippen LogP contribution is 2.25. The maximum absolute atomic E-state index is 11.2. The predicted octanol–water partition coefficient (Wildman–Crippen LogP) is 1.56. The summed E-state index contributed by atoms with van der Waals surface area (Å²) in [7, 11) is 1.58. The Kier molecular flexibility index (Phi) is 7.21. The van der Waals surface area contributed by atoms with Gasteiger partial charge in [0, 0.05) is 6.54 Å². The minimum absolute atomic E-state index is 0.232. The number of hydrogen-bond donors (Lipinski definition) is 2. The van der Waals surface area contributed by atoms with Gasteiger partial charge in [0.25, 0.3) is 0 Å². The molecule has 5 heteroatoms. The highest BCUT2D eigenvalue weighted by Gasteiger charge is 2.00. The van der Waals surface area contributed by atoms with Crippen molar-refractivity contribution in [3.05, 3.63) is 36.9 Å². The topological polar surface area (TPSA) is 59.6 Å². The van der Waals surface area contributed by atoms with Crippen molar-refractivity contribution in [1.29, 1.82) is 0 Å². The highest BCUT2D eigenvalue weighted by atomic mass is 16.5. The van der Waals surface area contributed by atoms with Crippen molar-refractivity contribution in [2.24, 2.45) is 0 Å². The normalized spacial score (nSPS) is 8.85. The summed E-state index contributed by atoms with van der Waals surface area (Å²) in [6.45, 7) is 4.42. The summed E-state index contributed by atoms with van der Waals surface area (Å²) < 4.78 is 10.6. The minimum atomic E-state index is -0.273. The van der Waals surface area contributed by atoms with E-state index in [1.807, 2.05) is 24.3 Å². The molecule has 0 atom stereocenters. The van der Waals surface area contributed by atoms with Crippen molar-refractivity contribution >= 4 is 6.03 Å². The van der Waals surface area contributed by atoms with E-state index < -0.39 is 0 Å². The molecule has 1 aromatic rings. The van der Waals surface area contributed by atoms with E-state index in [-0.39, 0.29) is 19.2 Å². The van der Waals surface area contributed by atoms with Crippen LogP contribution in [0.1, 0.15) is 0 Å². The Hall–Kier alpha value is -2.61. The number of urea groups is 1. The lowest BCUT2D eigenvalue weighted by Gasteiger charge is -2.07. The maximum atomic E-state index is 11.2. The molecule has 0 aliphatic heterocycles. The van der Waals surface area contributed by atoms with Crippen LogP contribution in [0.15, 0.2) is 36.9 Å². The summed E-state index contributed by atoms with van der Waals surface area (Å²) in [5.41, 5.74) is 0. The number of ether oxygens (including phenoxy) is 2. The van der Waals surface area contributed by atoms with Gasteiger partial charge in [-0.25, -0.2) is 4.79 Å². The Morgan fingerprint density at radius 1 is 1.30 bits per heavy atom. The minimum Gasteiger partial charge on any atom is -0.493 e. The molecule has 0 heterocycles. The van der Waals surface area contributed by atoms with Gasteiger partial charge >= 0.3 is 6.03 Å². The maximum Gasteiger partial charge on any atom is 0.315 e. The number of carbonyl (C=O) groups excluding carboxylic acids is 1. The molecule has 0 saturated carbocycles. The third-order valence-corrected chi connectivity index (χ3v) is 2.24. The Bertz CT molecular complexity index is 503. The number of methoxy groups -OCH3 is 1. The van der Waals surface area contributed by atoms with Gasteiger partial charge in [-0.3, -0.25) is 0 Å². The number of amides is 2. The first-order valence-electron chi connectivity index (χ1n) is 6.12. The Balaban J connectivity index is 2.26. The summed E-state index contributed by atoms with van der Waals surface area (Å²) in [6.07, 6.45) is 1.60. The van der Waals surface area contributed by atoms with Gasteiger partial charge in [0.15, 0.2) is 11.5 Å². The molecule has 2 amide bonds. The van der Waals surface area contributed by atoms with Gasteiger partial charge in [-0.05, 0) is 12.1 Å². The number of para-hydroxylation sites is 2. The number of nitrogens with one attached hydrogen (secondary N) is 2. The van der Waals surface area contributed by atoms with E-state index in [2.05, 4.69) is 29.1 Å². The lowest BCUT2D eigenvalue weighted by Crippen LogP contribution is -2.35. The first-order chi connectivity index (χ1) is 9.77. The van der Waals surface area contributed by atoms with Crippen LogP contribution in [-0.4, -0.2) is 32.8 Å². The number of rotatable bonds is 6. The summed E-state index contributed by atoms with van der Waals surface area (Å²) in [5, 5.41) is 5.17. The van der Waals surface area contributed by atoms with Gasteiger partial charge in [0.2, 0.25) is 0 Å². The monoisotopic (exact) mass is 274 g/mol. The van der Waals surface area contributed by atoms with Crippen LogP contribution in [0, 0.1) is 11.8 Å². The number of hydrogen-bond acceptors (Lipinski definition) is 3. The van der Waals surface area contributed by atoms with Crippen molar-refractivity contribution in [1.82, 2.24) is 10.6 Å². The quantitative estimate of drug-likeness (QED) is 0.611. The molecule has 1 rings (SSSR count). The molecule has 2 N–H and O–H groups in total. The molecule has 0 aliphatic carbocycles. The van der Waals surface area contributed by atoms with E-state index in [4.69, 9.17) is 9.47 Å². The molecular weight excluding hydrogens is 256 g/mol. The molecule has 1 aromatic carbocycles. The summed E-state index contributed by atoms with van der Waals surface area (Å²) in [4.78, 5) is 11.2. The molecule has 5 nitrogen and oxygen atoms in total. The standard InChI is InChI=1S/C15H18N2O3/c1-3-10-16-15(18)17-11-6-7-12-20-14-9-5-4-8-13(14)19-2/h3-5,8-9H,1,10-12H2,2H3,(H2,16,17,18). The summed E-state index contributed by atoms with van der Waals surface area (Å²) in [5.74, 6) is 6.90. The molecule has 0 spiro atoms. The zero-order valence-corrected chi connectivity index (χ0v) is 11.4. The molecule has 0 aromatic heterocycles. The van der Waals surface area contributed by atoms with Gasteiger partial charge in [-0.15, -0.1) is 6.58 Å². The molecule has 0 radical (unpaired) electrons. The average molecular weight is 274 g/mol. The smallest absolute Gasteiger partial charge is 0.315 e. The third kappa shape index (κ3) is 5.83. The first kappa shape index (κ1) is 15.4. The molecule has 0 fully saturated rings. The fraction of sp³-hybridized carbons (Fsp3) is 0.267. The van der Waals surface area contributed by atoms with Crippen LogP contribution in [0.2, 0.25) is 0 Å². The van der Waals surface area contributed by atoms with Crippen molar-refractivity contribution < 1.29 is 14.3 Å². The lowest BCUT2D eigenvalue weighted by molar-refractivity contribution is 0.243. The molecule has 0 saturated heterocycles. The van der Waals surface area contributed by atoms with Crippen LogP contribution in [0.5, 0.6) is 11.5 Å². The Morgan fingerprint density at radius 2 is 2.05 bits per heavy atom. The SMILES string of the molecule is C=CCNC(=O)NCC#CCOc1ccccc1OC. The zero-order chi connectivity index (χ0) is 14.6. The predicted molar refractivity (Wildman–Crippen MR) is 77.9 cm³/mol. The van der Waals surface area contributed by atoms with Gasteiger partial charge in [0.05, 0.1) is 13.7 Å².